The maximum atomic E-state index is 13.4. The van der Waals surface area contributed by atoms with Gasteiger partial charge in [-0.3, -0.25) is 4.99 Å². The van der Waals surface area contributed by atoms with Crippen LogP contribution in [0.4, 0.5) is 14.5 Å². The second-order valence-electron chi connectivity index (χ2n) is 7.24. The quantitative estimate of drug-likeness (QED) is 0.389. The van der Waals surface area contributed by atoms with Crippen LogP contribution in [-0.4, -0.2) is 64.3 Å². The van der Waals surface area contributed by atoms with Crippen LogP contribution in [0.15, 0.2) is 23.2 Å². The van der Waals surface area contributed by atoms with E-state index in [0.29, 0.717) is 11.8 Å². The fourth-order valence-electron chi connectivity index (χ4n) is 3.74. The van der Waals surface area contributed by atoms with Gasteiger partial charge >= 0.3 is 0 Å². The van der Waals surface area contributed by atoms with Crippen LogP contribution in [0.25, 0.3) is 0 Å². The predicted molar refractivity (Wildman–Crippen MR) is 115 cm³/mol. The summed E-state index contributed by atoms with van der Waals surface area (Å²) in [5.74, 6) is 0.313. The Hall–Kier alpha value is -1.16. The zero-order valence-electron chi connectivity index (χ0n) is 16.0. The van der Waals surface area contributed by atoms with Gasteiger partial charge in [0.2, 0.25) is 0 Å². The molecule has 0 saturated carbocycles. The average molecular weight is 494 g/mol. The molecule has 8 heteroatoms. The van der Waals surface area contributed by atoms with E-state index in [1.165, 1.54) is 12.1 Å². The number of hydrogen-bond donors (Lipinski definition) is 1. The molecular formula is C19H29F2IN4O. The fraction of sp³-hybridized carbons (Fsp3) is 0.632. The smallest absolute Gasteiger partial charge is 0.193 e. The molecule has 152 valence electrons. The highest BCUT2D eigenvalue weighted by molar-refractivity contribution is 14.0. The monoisotopic (exact) mass is 494 g/mol. The molecule has 1 N–H and O–H groups in total. The lowest BCUT2D eigenvalue weighted by atomic mass is 10.1. The Labute approximate surface area is 177 Å². The zero-order valence-corrected chi connectivity index (χ0v) is 18.3. The van der Waals surface area contributed by atoms with E-state index in [9.17, 15) is 8.78 Å². The lowest BCUT2D eigenvalue weighted by Crippen LogP contribution is -2.43. The van der Waals surface area contributed by atoms with Crippen LogP contribution in [0.2, 0.25) is 0 Å². The summed E-state index contributed by atoms with van der Waals surface area (Å²) in [6, 6.07) is 4.12. The molecule has 3 rings (SSSR count). The van der Waals surface area contributed by atoms with E-state index in [2.05, 4.69) is 27.2 Å². The number of aliphatic imine (C=N–C) groups is 1. The second-order valence-corrected chi connectivity index (χ2v) is 7.24. The molecule has 2 aliphatic rings. The summed E-state index contributed by atoms with van der Waals surface area (Å²) in [6.45, 7) is 5.11. The maximum Gasteiger partial charge on any atom is 0.193 e. The highest BCUT2D eigenvalue weighted by atomic mass is 127. The van der Waals surface area contributed by atoms with E-state index in [0.717, 1.165) is 63.9 Å². The molecule has 1 aromatic rings. The van der Waals surface area contributed by atoms with Crippen LogP contribution in [0.1, 0.15) is 12.8 Å². The Kier molecular flexibility index (Phi) is 8.53. The van der Waals surface area contributed by atoms with Crippen molar-refractivity contribution in [3.63, 3.8) is 0 Å². The van der Waals surface area contributed by atoms with Gasteiger partial charge in [0, 0.05) is 64.6 Å². The third-order valence-electron chi connectivity index (χ3n) is 5.23. The van der Waals surface area contributed by atoms with Crippen molar-refractivity contribution in [2.24, 2.45) is 16.8 Å². The van der Waals surface area contributed by atoms with Gasteiger partial charge in [-0.2, -0.15) is 0 Å². The normalized spacial score (nSPS) is 22.7. The Morgan fingerprint density at radius 3 is 2.78 bits per heavy atom. The van der Waals surface area contributed by atoms with E-state index in [4.69, 9.17) is 4.74 Å². The number of rotatable bonds is 5. The molecule has 2 saturated heterocycles. The van der Waals surface area contributed by atoms with Crippen LogP contribution >= 0.6 is 24.0 Å². The first-order valence-electron chi connectivity index (χ1n) is 9.26. The second kappa shape index (κ2) is 10.4. The number of ether oxygens (including phenoxy) is 1. The molecule has 0 aromatic heterocycles. The van der Waals surface area contributed by atoms with Gasteiger partial charge in [-0.25, -0.2) is 8.78 Å². The standard InChI is InChI=1S/C19H28F2N4O.HI/c1-22-19(24(2)11-15-6-8-26-13-15)23-10-14-5-7-25(12-14)16-3-4-17(20)18(21)9-16;/h3-4,9,14-15H,5-8,10-13H2,1-2H3,(H,22,23);1H. The first kappa shape index (κ1) is 22.1. The maximum absolute atomic E-state index is 13.4. The van der Waals surface area contributed by atoms with Crippen molar-refractivity contribution in [3.8, 4) is 0 Å². The molecule has 0 spiro atoms. The fourth-order valence-corrected chi connectivity index (χ4v) is 3.74. The first-order chi connectivity index (χ1) is 12.6. The summed E-state index contributed by atoms with van der Waals surface area (Å²) >= 11 is 0. The summed E-state index contributed by atoms with van der Waals surface area (Å²) in [5, 5.41) is 3.45. The van der Waals surface area contributed by atoms with Crippen LogP contribution in [0.5, 0.6) is 0 Å². The van der Waals surface area contributed by atoms with Gasteiger partial charge in [0.25, 0.3) is 0 Å². The van der Waals surface area contributed by atoms with Crippen LogP contribution in [0.3, 0.4) is 0 Å². The highest BCUT2D eigenvalue weighted by Crippen LogP contribution is 2.25. The molecule has 5 nitrogen and oxygen atoms in total. The van der Waals surface area contributed by atoms with Gasteiger partial charge in [0.1, 0.15) is 0 Å². The molecule has 2 heterocycles. The molecule has 2 fully saturated rings. The summed E-state index contributed by atoms with van der Waals surface area (Å²) in [5.41, 5.74) is 0.745. The van der Waals surface area contributed by atoms with E-state index >= 15 is 0 Å². The molecule has 2 unspecified atom stereocenters. The van der Waals surface area contributed by atoms with E-state index in [1.54, 1.807) is 13.1 Å². The van der Waals surface area contributed by atoms with Gasteiger partial charge < -0.3 is 19.9 Å². The van der Waals surface area contributed by atoms with Crippen molar-refractivity contribution in [1.29, 1.82) is 0 Å². The van der Waals surface area contributed by atoms with Crippen molar-refractivity contribution in [2.45, 2.75) is 12.8 Å². The van der Waals surface area contributed by atoms with Crippen molar-refractivity contribution in [3.05, 3.63) is 29.8 Å². The van der Waals surface area contributed by atoms with Gasteiger partial charge in [-0.05, 0) is 30.9 Å². The molecule has 0 aliphatic carbocycles. The number of halogens is 3. The third-order valence-corrected chi connectivity index (χ3v) is 5.23. The number of hydrogen-bond acceptors (Lipinski definition) is 3. The number of nitrogens with zero attached hydrogens (tertiary/aromatic N) is 3. The van der Waals surface area contributed by atoms with Crippen LogP contribution < -0.4 is 10.2 Å². The summed E-state index contributed by atoms with van der Waals surface area (Å²) < 4.78 is 32.0. The Morgan fingerprint density at radius 2 is 2.11 bits per heavy atom. The van der Waals surface area contributed by atoms with Crippen LogP contribution in [-0.2, 0) is 4.74 Å². The Bertz CT molecular complexity index is 640. The number of nitrogens with one attached hydrogen (secondary N) is 1. The van der Waals surface area contributed by atoms with Gasteiger partial charge in [0.15, 0.2) is 17.6 Å². The summed E-state index contributed by atoms with van der Waals surface area (Å²) in [4.78, 5) is 8.64. The first-order valence-corrected chi connectivity index (χ1v) is 9.26. The average Bonchev–Trinajstić information content (AvgIpc) is 3.30. The minimum atomic E-state index is -0.800. The molecule has 0 bridgehead atoms. The van der Waals surface area contributed by atoms with E-state index < -0.39 is 11.6 Å². The number of benzene rings is 1. The Morgan fingerprint density at radius 1 is 1.30 bits per heavy atom. The summed E-state index contributed by atoms with van der Waals surface area (Å²) in [7, 11) is 3.85. The van der Waals surface area contributed by atoms with E-state index in [1.807, 2.05) is 0 Å². The largest absolute Gasteiger partial charge is 0.381 e. The molecule has 0 radical (unpaired) electrons. The number of guanidine groups is 1. The van der Waals surface area contributed by atoms with Crippen LogP contribution in [0, 0.1) is 23.5 Å². The minimum Gasteiger partial charge on any atom is -0.381 e. The van der Waals surface area contributed by atoms with E-state index in [-0.39, 0.29) is 24.0 Å². The molecule has 2 atom stereocenters. The summed E-state index contributed by atoms with van der Waals surface area (Å²) in [6.07, 6.45) is 2.12. The highest BCUT2D eigenvalue weighted by Gasteiger charge is 2.24. The molecule has 1 aromatic carbocycles. The predicted octanol–water partition coefficient (Wildman–Crippen LogP) is 2.95. The van der Waals surface area contributed by atoms with Crippen molar-refractivity contribution < 1.29 is 13.5 Å². The SMILES string of the molecule is CN=C(NCC1CCN(c2ccc(F)c(F)c2)C1)N(C)CC1CCOC1.I. The topological polar surface area (TPSA) is 40.1 Å². The molecule has 0 amide bonds. The lowest BCUT2D eigenvalue weighted by Gasteiger charge is -2.25. The Balaban J connectivity index is 0.00000261. The lowest BCUT2D eigenvalue weighted by molar-refractivity contribution is 0.181. The third kappa shape index (κ3) is 5.91. The molecule has 27 heavy (non-hydrogen) atoms. The van der Waals surface area contributed by atoms with Crippen molar-refractivity contribution in [1.82, 2.24) is 10.2 Å². The zero-order chi connectivity index (χ0) is 18.5. The van der Waals surface area contributed by atoms with Crippen molar-refractivity contribution >= 4 is 35.6 Å². The van der Waals surface area contributed by atoms with Gasteiger partial charge in [-0.15, -0.1) is 24.0 Å². The van der Waals surface area contributed by atoms with Crippen molar-refractivity contribution in [2.75, 3.05) is 58.4 Å². The van der Waals surface area contributed by atoms with Gasteiger partial charge in [0.05, 0.1) is 6.61 Å². The van der Waals surface area contributed by atoms with Gasteiger partial charge in [-0.1, -0.05) is 0 Å². The number of anilines is 1. The molecular weight excluding hydrogens is 465 g/mol. The molecule has 2 aliphatic heterocycles. The minimum absolute atomic E-state index is 0.